The van der Waals surface area contributed by atoms with Crippen molar-refractivity contribution >= 4 is 29.0 Å². The third-order valence-corrected chi connectivity index (χ3v) is 3.83. The zero-order chi connectivity index (χ0) is 14.7. The van der Waals surface area contributed by atoms with Gasteiger partial charge in [0.05, 0.1) is 15.7 Å². The molecule has 0 saturated carbocycles. The summed E-state index contributed by atoms with van der Waals surface area (Å²) in [4.78, 5) is 8.75. The molecule has 20 heavy (non-hydrogen) atoms. The summed E-state index contributed by atoms with van der Waals surface area (Å²) in [6, 6.07) is 5.58. The zero-order valence-electron chi connectivity index (χ0n) is 11.7. The van der Waals surface area contributed by atoms with Crippen LogP contribution in [0.3, 0.4) is 0 Å². The van der Waals surface area contributed by atoms with Crippen LogP contribution in [0.5, 0.6) is 0 Å². The maximum absolute atomic E-state index is 6.32. The first-order valence-electron chi connectivity index (χ1n) is 6.59. The normalized spacial score (nSPS) is 10.9. The first-order valence-corrected chi connectivity index (χ1v) is 7.35. The summed E-state index contributed by atoms with van der Waals surface area (Å²) in [5.41, 5.74) is 2.72. The summed E-state index contributed by atoms with van der Waals surface area (Å²) < 4.78 is 0. The first-order chi connectivity index (χ1) is 9.56. The van der Waals surface area contributed by atoms with E-state index in [1.165, 1.54) is 0 Å². The van der Waals surface area contributed by atoms with Crippen LogP contribution in [0.25, 0.3) is 11.3 Å². The van der Waals surface area contributed by atoms with E-state index in [2.05, 4.69) is 29.1 Å². The highest BCUT2D eigenvalue weighted by molar-refractivity contribution is 6.43. The number of benzene rings is 1. The van der Waals surface area contributed by atoms with Crippen LogP contribution >= 0.6 is 23.2 Å². The van der Waals surface area contributed by atoms with Gasteiger partial charge in [-0.2, -0.15) is 0 Å². The number of nitrogens with one attached hydrogen (secondary N) is 1. The molecule has 0 amide bonds. The molecule has 1 aromatic carbocycles. The molecular formula is C15H17Cl2N3. The predicted molar refractivity (Wildman–Crippen MR) is 85.7 cm³/mol. The minimum atomic E-state index is 0.273. The molecule has 1 N–H and O–H groups in total. The molecule has 0 aliphatic rings. The van der Waals surface area contributed by atoms with E-state index in [0.29, 0.717) is 10.0 Å². The maximum atomic E-state index is 6.32. The Labute approximate surface area is 129 Å². The van der Waals surface area contributed by atoms with Gasteiger partial charge in [0.25, 0.3) is 0 Å². The maximum Gasteiger partial charge on any atom is 0.133 e. The summed E-state index contributed by atoms with van der Waals surface area (Å²) in [5.74, 6) is 1.12. The Morgan fingerprint density at radius 3 is 2.60 bits per heavy atom. The van der Waals surface area contributed by atoms with Crippen molar-refractivity contribution < 1.29 is 0 Å². The van der Waals surface area contributed by atoms with Gasteiger partial charge >= 0.3 is 0 Å². The van der Waals surface area contributed by atoms with Crippen LogP contribution in [0, 0.1) is 0 Å². The molecule has 0 aliphatic carbocycles. The zero-order valence-corrected chi connectivity index (χ0v) is 13.3. The standard InChI is InChI=1S/C15H17Cl2N3/c1-4-18-15-12(9(2)3)14(19-8-20-15)10-6-5-7-11(16)13(10)17/h5-9H,4H2,1-3H3,(H,18,19,20). The fraction of sp³-hybridized carbons (Fsp3) is 0.333. The molecule has 106 valence electrons. The number of nitrogens with zero attached hydrogens (tertiary/aromatic N) is 2. The molecule has 2 aromatic rings. The number of anilines is 1. The van der Waals surface area contributed by atoms with Crippen LogP contribution in [-0.2, 0) is 0 Å². The summed E-state index contributed by atoms with van der Waals surface area (Å²) >= 11 is 12.4. The third kappa shape index (κ3) is 2.89. The number of hydrogen-bond acceptors (Lipinski definition) is 3. The molecule has 1 aromatic heterocycles. The van der Waals surface area contributed by atoms with Gasteiger partial charge in [0.1, 0.15) is 12.1 Å². The predicted octanol–water partition coefficient (Wildman–Crippen LogP) is 5.01. The lowest BCUT2D eigenvalue weighted by molar-refractivity contribution is 0.849. The third-order valence-electron chi connectivity index (χ3n) is 3.01. The van der Waals surface area contributed by atoms with Crippen molar-refractivity contribution in [3.8, 4) is 11.3 Å². The van der Waals surface area contributed by atoms with Gasteiger partial charge in [-0.3, -0.25) is 0 Å². The molecule has 1 heterocycles. The highest BCUT2D eigenvalue weighted by atomic mass is 35.5. The Bertz CT molecular complexity index is 612. The monoisotopic (exact) mass is 309 g/mol. The Morgan fingerprint density at radius 1 is 1.20 bits per heavy atom. The van der Waals surface area contributed by atoms with E-state index in [1.54, 1.807) is 12.4 Å². The van der Waals surface area contributed by atoms with Gasteiger partial charge in [0.15, 0.2) is 0 Å². The molecule has 0 saturated heterocycles. The topological polar surface area (TPSA) is 37.8 Å². The van der Waals surface area contributed by atoms with Gasteiger partial charge in [0.2, 0.25) is 0 Å². The van der Waals surface area contributed by atoms with Gasteiger partial charge in [-0.1, -0.05) is 49.2 Å². The minimum absolute atomic E-state index is 0.273. The summed E-state index contributed by atoms with van der Waals surface area (Å²) in [6.45, 7) is 7.07. The molecule has 0 spiro atoms. The highest BCUT2D eigenvalue weighted by Gasteiger charge is 2.18. The van der Waals surface area contributed by atoms with Crippen molar-refractivity contribution in [2.45, 2.75) is 26.7 Å². The van der Waals surface area contributed by atoms with Gasteiger partial charge in [0, 0.05) is 17.7 Å². The molecule has 0 bridgehead atoms. The molecule has 5 heteroatoms. The SMILES string of the molecule is CCNc1ncnc(-c2cccc(Cl)c2Cl)c1C(C)C. The Morgan fingerprint density at radius 2 is 1.95 bits per heavy atom. The van der Waals surface area contributed by atoms with Crippen molar-refractivity contribution in [3.05, 3.63) is 40.1 Å². The molecule has 0 unspecified atom stereocenters. The molecule has 0 atom stereocenters. The Hall–Kier alpha value is -1.32. The van der Waals surface area contributed by atoms with E-state index in [4.69, 9.17) is 23.2 Å². The van der Waals surface area contributed by atoms with E-state index < -0.39 is 0 Å². The number of rotatable bonds is 4. The lowest BCUT2D eigenvalue weighted by atomic mass is 9.97. The fourth-order valence-electron chi connectivity index (χ4n) is 2.15. The number of hydrogen-bond donors (Lipinski definition) is 1. The average Bonchev–Trinajstić information content (AvgIpc) is 2.42. The van der Waals surface area contributed by atoms with E-state index in [-0.39, 0.29) is 5.92 Å². The van der Waals surface area contributed by atoms with Crippen LogP contribution in [0.4, 0.5) is 5.82 Å². The lowest BCUT2D eigenvalue weighted by Crippen LogP contribution is -2.07. The molecule has 2 rings (SSSR count). The van der Waals surface area contributed by atoms with Gasteiger partial charge in [-0.25, -0.2) is 9.97 Å². The van der Waals surface area contributed by atoms with E-state index in [1.807, 2.05) is 19.1 Å². The second-order valence-corrected chi connectivity index (χ2v) is 5.56. The largest absolute Gasteiger partial charge is 0.370 e. The molecule has 0 fully saturated rings. The molecule has 3 nitrogen and oxygen atoms in total. The van der Waals surface area contributed by atoms with Gasteiger partial charge < -0.3 is 5.32 Å². The van der Waals surface area contributed by atoms with Crippen LogP contribution in [0.15, 0.2) is 24.5 Å². The van der Waals surface area contributed by atoms with Gasteiger partial charge in [-0.05, 0) is 18.9 Å². The van der Waals surface area contributed by atoms with Crippen LogP contribution in [-0.4, -0.2) is 16.5 Å². The number of halogens is 2. The van der Waals surface area contributed by atoms with Crippen molar-refractivity contribution in [1.82, 2.24) is 9.97 Å². The fourth-order valence-corrected chi connectivity index (χ4v) is 2.54. The second kappa shape index (κ2) is 6.42. The van der Waals surface area contributed by atoms with Gasteiger partial charge in [-0.15, -0.1) is 0 Å². The van der Waals surface area contributed by atoms with E-state index in [9.17, 15) is 0 Å². The number of aromatic nitrogens is 2. The van der Waals surface area contributed by atoms with Crippen molar-refractivity contribution in [2.75, 3.05) is 11.9 Å². The van der Waals surface area contributed by atoms with Crippen LogP contribution in [0.2, 0.25) is 10.0 Å². The van der Waals surface area contributed by atoms with Crippen LogP contribution in [0.1, 0.15) is 32.3 Å². The van der Waals surface area contributed by atoms with E-state index >= 15 is 0 Å². The Kier molecular flexibility index (Phi) is 4.84. The summed E-state index contributed by atoms with van der Waals surface area (Å²) in [7, 11) is 0. The molecule has 0 aliphatic heterocycles. The molecular weight excluding hydrogens is 293 g/mol. The molecule has 0 radical (unpaired) electrons. The van der Waals surface area contributed by atoms with Crippen molar-refractivity contribution in [3.63, 3.8) is 0 Å². The average molecular weight is 310 g/mol. The highest BCUT2D eigenvalue weighted by Crippen LogP contribution is 2.38. The summed E-state index contributed by atoms with van der Waals surface area (Å²) in [5, 5.41) is 4.33. The quantitative estimate of drug-likeness (QED) is 0.863. The smallest absolute Gasteiger partial charge is 0.133 e. The Balaban J connectivity index is 2.67. The minimum Gasteiger partial charge on any atom is -0.370 e. The summed E-state index contributed by atoms with van der Waals surface area (Å²) in [6.07, 6.45) is 1.55. The van der Waals surface area contributed by atoms with E-state index in [0.717, 1.165) is 29.2 Å². The van der Waals surface area contributed by atoms with Crippen LogP contribution < -0.4 is 5.32 Å². The van der Waals surface area contributed by atoms with Crippen molar-refractivity contribution in [2.24, 2.45) is 0 Å². The first kappa shape index (κ1) is 15.1. The van der Waals surface area contributed by atoms with Crippen molar-refractivity contribution in [1.29, 1.82) is 0 Å². The second-order valence-electron chi connectivity index (χ2n) is 4.77. The lowest BCUT2D eigenvalue weighted by Gasteiger charge is -2.17.